The van der Waals surface area contributed by atoms with Gasteiger partial charge in [0, 0.05) is 24.6 Å². The van der Waals surface area contributed by atoms with E-state index >= 15 is 0 Å². The summed E-state index contributed by atoms with van der Waals surface area (Å²) in [6.07, 6.45) is 3.64. The first kappa shape index (κ1) is 18.9. The van der Waals surface area contributed by atoms with E-state index in [-0.39, 0.29) is 5.91 Å². The zero-order valence-electron chi connectivity index (χ0n) is 15.3. The molecule has 2 N–H and O–H groups in total. The van der Waals surface area contributed by atoms with Crippen molar-refractivity contribution in [2.24, 2.45) is 0 Å². The van der Waals surface area contributed by atoms with Crippen LogP contribution in [0.15, 0.2) is 60.9 Å². The molecule has 0 spiro atoms. The van der Waals surface area contributed by atoms with Gasteiger partial charge in [-0.15, -0.1) is 0 Å². The number of rotatable bonds is 7. The van der Waals surface area contributed by atoms with Crippen LogP contribution in [0.4, 0.5) is 11.6 Å². The first-order valence-corrected chi connectivity index (χ1v) is 8.68. The first-order chi connectivity index (χ1) is 13.7. The second-order valence-corrected chi connectivity index (χ2v) is 5.97. The molecule has 0 radical (unpaired) electrons. The summed E-state index contributed by atoms with van der Waals surface area (Å²) < 4.78 is 5.19. The number of carbonyl (C=O) groups is 1. The summed E-state index contributed by atoms with van der Waals surface area (Å²) in [7, 11) is 1.63. The summed E-state index contributed by atoms with van der Waals surface area (Å²) in [5.41, 5.74) is 2.80. The number of amides is 1. The molecule has 7 heteroatoms. The Morgan fingerprint density at radius 2 is 1.89 bits per heavy atom. The zero-order chi connectivity index (χ0) is 19.8. The third-order valence-electron chi connectivity index (χ3n) is 4.02. The number of nitriles is 1. The second-order valence-electron chi connectivity index (χ2n) is 5.97. The van der Waals surface area contributed by atoms with Gasteiger partial charge < -0.3 is 15.4 Å². The Bertz CT molecular complexity index is 979. The van der Waals surface area contributed by atoms with Crippen molar-refractivity contribution in [1.82, 2.24) is 15.3 Å². The third kappa shape index (κ3) is 5.05. The standard InChI is InChI=1S/C21H19N5O2/c1-28-19-4-2-3-15(11-19)9-10-23-20(27)17-13-24-21(25-14-17)26-18-7-5-16(12-22)6-8-18/h2-8,11,13-14H,9-10H2,1H3,(H,23,27)(H,24,25,26). The summed E-state index contributed by atoms with van der Waals surface area (Å²) in [6, 6.07) is 16.7. The lowest BCUT2D eigenvalue weighted by Gasteiger charge is -2.08. The minimum absolute atomic E-state index is 0.229. The van der Waals surface area contributed by atoms with Gasteiger partial charge in [0.15, 0.2) is 0 Å². The molecule has 0 aliphatic heterocycles. The Labute approximate surface area is 163 Å². The van der Waals surface area contributed by atoms with Crippen molar-refractivity contribution >= 4 is 17.5 Å². The van der Waals surface area contributed by atoms with Crippen LogP contribution in [0.25, 0.3) is 0 Å². The maximum Gasteiger partial charge on any atom is 0.254 e. The van der Waals surface area contributed by atoms with Crippen molar-refractivity contribution in [2.75, 3.05) is 19.0 Å². The number of carbonyl (C=O) groups excluding carboxylic acids is 1. The minimum Gasteiger partial charge on any atom is -0.497 e. The van der Waals surface area contributed by atoms with Crippen LogP contribution in [-0.2, 0) is 6.42 Å². The molecular weight excluding hydrogens is 354 g/mol. The highest BCUT2D eigenvalue weighted by Gasteiger charge is 2.07. The molecule has 0 fully saturated rings. The van der Waals surface area contributed by atoms with E-state index < -0.39 is 0 Å². The van der Waals surface area contributed by atoms with Crippen LogP contribution in [-0.4, -0.2) is 29.5 Å². The van der Waals surface area contributed by atoms with Gasteiger partial charge in [-0.2, -0.15) is 5.26 Å². The highest BCUT2D eigenvalue weighted by atomic mass is 16.5. The van der Waals surface area contributed by atoms with Crippen molar-refractivity contribution in [3.05, 3.63) is 77.6 Å². The van der Waals surface area contributed by atoms with Gasteiger partial charge in [-0.05, 0) is 48.4 Å². The SMILES string of the molecule is COc1cccc(CCNC(=O)c2cnc(Nc3ccc(C#N)cc3)nc2)c1. The van der Waals surface area contributed by atoms with Gasteiger partial charge in [0.1, 0.15) is 5.75 Å². The number of hydrogen-bond donors (Lipinski definition) is 2. The normalized spacial score (nSPS) is 10.0. The molecule has 3 aromatic rings. The molecule has 1 amide bonds. The molecule has 0 bridgehead atoms. The van der Waals surface area contributed by atoms with E-state index in [4.69, 9.17) is 10.00 Å². The second kappa shape index (κ2) is 9.14. The van der Waals surface area contributed by atoms with Gasteiger partial charge in [0.25, 0.3) is 5.91 Å². The monoisotopic (exact) mass is 373 g/mol. The number of ether oxygens (including phenoxy) is 1. The zero-order valence-corrected chi connectivity index (χ0v) is 15.3. The number of anilines is 2. The molecule has 140 valence electrons. The molecule has 1 aromatic heterocycles. The average Bonchev–Trinajstić information content (AvgIpc) is 2.75. The minimum atomic E-state index is -0.229. The van der Waals surface area contributed by atoms with Gasteiger partial charge in [0.05, 0.1) is 24.3 Å². The van der Waals surface area contributed by atoms with Crippen molar-refractivity contribution < 1.29 is 9.53 Å². The van der Waals surface area contributed by atoms with Crippen molar-refractivity contribution in [3.8, 4) is 11.8 Å². The topological polar surface area (TPSA) is 99.9 Å². The first-order valence-electron chi connectivity index (χ1n) is 8.68. The van der Waals surface area contributed by atoms with Gasteiger partial charge in [-0.3, -0.25) is 4.79 Å². The molecular formula is C21H19N5O2. The fourth-order valence-electron chi connectivity index (χ4n) is 2.52. The summed E-state index contributed by atoms with van der Waals surface area (Å²) >= 11 is 0. The van der Waals surface area contributed by atoms with Crippen LogP contribution < -0.4 is 15.4 Å². The number of nitrogens with one attached hydrogen (secondary N) is 2. The van der Waals surface area contributed by atoms with E-state index in [9.17, 15) is 4.79 Å². The van der Waals surface area contributed by atoms with E-state index in [0.29, 0.717) is 30.0 Å². The Kier molecular flexibility index (Phi) is 6.16. The van der Waals surface area contributed by atoms with Crippen LogP contribution in [0.2, 0.25) is 0 Å². The van der Waals surface area contributed by atoms with Gasteiger partial charge >= 0.3 is 0 Å². The molecule has 0 aliphatic rings. The number of benzene rings is 2. The summed E-state index contributed by atoms with van der Waals surface area (Å²) in [5.74, 6) is 0.938. The lowest BCUT2D eigenvalue weighted by atomic mass is 10.1. The van der Waals surface area contributed by atoms with E-state index in [1.165, 1.54) is 12.4 Å². The Morgan fingerprint density at radius 3 is 2.57 bits per heavy atom. The van der Waals surface area contributed by atoms with E-state index in [2.05, 4.69) is 26.7 Å². The Morgan fingerprint density at radius 1 is 1.14 bits per heavy atom. The van der Waals surface area contributed by atoms with Gasteiger partial charge in [0.2, 0.25) is 5.95 Å². The van der Waals surface area contributed by atoms with E-state index in [1.807, 2.05) is 24.3 Å². The van der Waals surface area contributed by atoms with Gasteiger partial charge in [-0.25, -0.2) is 9.97 Å². The maximum atomic E-state index is 12.2. The molecule has 3 rings (SSSR count). The molecule has 0 unspecified atom stereocenters. The van der Waals surface area contributed by atoms with Crippen molar-refractivity contribution in [1.29, 1.82) is 5.26 Å². The summed E-state index contributed by atoms with van der Waals surface area (Å²) in [6.45, 7) is 0.497. The quantitative estimate of drug-likeness (QED) is 0.660. The molecule has 7 nitrogen and oxygen atoms in total. The highest BCUT2D eigenvalue weighted by molar-refractivity contribution is 5.93. The summed E-state index contributed by atoms with van der Waals surface area (Å²) in [4.78, 5) is 20.6. The third-order valence-corrected chi connectivity index (χ3v) is 4.02. The molecule has 0 atom stereocenters. The molecule has 0 saturated heterocycles. The van der Waals surface area contributed by atoms with E-state index in [0.717, 1.165) is 17.0 Å². The highest BCUT2D eigenvalue weighted by Crippen LogP contribution is 2.14. The van der Waals surface area contributed by atoms with Crippen molar-refractivity contribution in [2.45, 2.75) is 6.42 Å². The van der Waals surface area contributed by atoms with Crippen LogP contribution in [0.5, 0.6) is 5.75 Å². The molecule has 0 saturated carbocycles. The number of aromatic nitrogens is 2. The van der Waals surface area contributed by atoms with Crippen molar-refractivity contribution in [3.63, 3.8) is 0 Å². The largest absolute Gasteiger partial charge is 0.497 e. The molecule has 28 heavy (non-hydrogen) atoms. The number of hydrogen-bond acceptors (Lipinski definition) is 6. The molecule has 1 heterocycles. The maximum absolute atomic E-state index is 12.2. The van der Waals surface area contributed by atoms with Crippen LogP contribution in [0, 0.1) is 11.3 Å². The summed E-state index contributed by atoms with van der Waals surface area (Å²) in [5, 5.41) is 14.7. The predicted octanol–water partition coefficient (Wildman–Crippen LogP) is 3.07. The predicted molar refractivity (Wildman–Crippen MR) is 106 cm³/mol. The molecule has 2 aromatic carbocycles. The van der Waals surface area contributed by atoms with E-state index in [1.54, 1.807) is 31.4 Å². The van der Waals surface area contributed by atoms with Crippen LogP contribution >= 0.6 is 0 Å². The Hall–Kier alpha value is -3.92. The smallest absolute Gasteiger partial charge is 0.254 e. The molecule has 0 aliphatic carbocycles. The van der Waals surface area contributed by atoms with Gasteiger partial charge in [-0.1, -0.05) is 12.1 Å². The Balaban J connectivity index is 1.52. The van der Waals surface area contributed by atoms with Crippen LogP contribution in [0.3, 0.4) is 0 Å². The number of methoxy groups -OCH3 is 1. The number of nitrogens with zero attached hydrogens (tertiary/aromatic N) is 3. The fraction of sp³-hybridized carbons (Fsp3) is 0.143. The lowest BCUT2D eigenvalue weighted by Crippen LogP contribution is -2.26. The van der Waals surface area contributed by atoms with Crippen LogP contribution in [0.1, 0.15) is 21.5 Å². The fourth-order valence-corrected chi connectivity index (χ4v) is 2.52. The lowest BCUT2D eigenvalue weighted by molar-refractivity contribution is 0.0953. The average molecular weight is 373 g/mol.